The maximum Gasteiger partial charge on any atom is 0.238 e. The lowest BCUT2D eigenvalue weighted by atomic mass is 10.1. The van der Waals surface area contributed by atoms with Crippen molar-refractivity contribution in [2.24, 2.45) is 10.9 Å². The minimum atomic E-state index is -3.67. The molecule has 0 spiro atoms. The first-order valence-electron chi connectivity index (χ1n) is 4.83. The van der Waals surface area contributed by atoms with E-state index in [9.17, 15) is 8.42 Å². The molecule has 7 heteroatoms. The molecular formula is C10H17ClN2O3S. The predicted octanol–water partition coefficient (Wildman–Crippen LogP) is 0.710. The Labute approximate surface area is 108 Å². The van der Waals surface area contributed by atoms with Crippen LogP contribution in [0.5, 0.6) is 5.75 Å². The van der Waals surface area contributed by atoms with E-state index in [1.54, 1.807) is 19.9 Å². The van der Waals surface area contributed by atoms with Crippen molar-refractivity contribution in [1.29, 1.82) is 0 Å². The molecule has 0 heterocycles. The molecule has 1 aromatic carbocycles. The molecule has 4 N–H and O–H groups in total. The Kier molecular flexibility index (Phi) is 5.91. The van der Waals surface area contributed by atoms with Crippen LogP contribution < -0.4 is 15.6 Å². The number of nitrogens with two attached hydrogens (primary N) is 2. The summed E-state index contributed by atoms with van der Waals surface area (Å²) in [6.45, 7) is 4.25. The van der Waals surface area contributed by atoms with Crippen LogP contribution in [0.1, 0.15) is 11.1 Å². The van der Waals surface area contributed by atoms with E-state index in [2.05, 4.69) is 0 Å². The fraction of sp³-hybridized carbons (Fsp3) is 0.400. The van der Waals surface area contributed by atoms with Crippen LogP contribution in [0.15, 0.2) is 17.0 Å². The van der Waals surface area contributed by atoms with Crippen LogP contribution in [-0.2, 0) is 10.0 Å². The van der Waals surface area contributed by atoms with Gasteiger partial charge in [0.05, 0.1) is 4.90 Å². The van der Waals surface area contributed by atoms with Crippen molar-refractivity contribution in [1.82, 2.24) is 0 Å². The third-order valence-electron chi connectivity index (χ3n) is 2.15. The molecule has 17 heavy (non-hydrogen) atoms. The molecule has 0 atom stereocenters. The molecule has 98 valence electrons. The molecule has 0 saturated carbocycles. The summed E-state index contributed by atoms with van der Waals surface area (Å²) in [6.07, 6.45) is 0. The van der Waals surface area contributed by atoms with Gasteiger partial charge in [0.25, 0.3) is 0 Å². The largest absolute Gasteiger partial charge is 0.492 e. The molecule has 0 bridgehead atoms. The van der Waals surface area contributed by atoms with Gasteiger partial charge in [0.15, 0.2) is 0 Å². The fourth-order valence-electron chi connectivity index (χ4n) is 1.39. The summed E-state index contributed by atoms with van der Waals surface area (Å²) in [5.41, 5.74) is 6.62. The molecule has 0 aromatic heterocycles. The Bertz CT molecular complexity index is 489. The third-order valence-corrected chi connectivity index (χ3v) is 3.21. The quantitative estimate of drug-likeness (QED) is 0.849. The zero-order valence-electron chi connectivity index (χ0n) is 9.76. The van der Waals surface area contributed by atoms with E-state index in [0.717, 1.165) is 5.56 Å². The molecule has 1 aromatic rings. The molecule has 0 amide bonds. The molecule has 0 aliphatic rings. The number of sulfonamides is 1. The van der Waals surface area contributed by atoms with E-state index in [0.29, 0.717) is 24.5 Å². The second-order valence-corrected chi connectivity index (χ2v) is 5.10. The summed E-state index contributed by atoms with van der Waals surface area (Å²) in [5.74, 6) is 0.635. The zero-order chi connectivity index (χ0) is 12.3. The van der Waals surface area contributed by atoms with Gasteiger partial charge in [0.1, 0.15) is 12.4 Å². The highest BCUT2D eigenvalue weighted by molar-refractivity contribution is 7.89. The first kappa shape index (κ1) is 16.2. The van der Waals surface area contributed by atoms with E-state index in [-0.39, 0.29) is 17.3 Å². The van der Waals surface area contributed by atoms with Crippen LogP contribution in [0.25, 0.3) is 0 Å². The number of aryl methyl sites for hydroxylation is 2. The van der Waals surface area contributed by atoms with Crippen LogP contribution in [0.4, 0.5) is 0 Å². The van der Waals surface area contributed by atoms with Crippen molar-refractivity contribution in [2.75, 3.05) is 13.2 Å². The Morgan fingerprint density at radius 1 is 1.24 bits per heavy atom. The number of ether oxygens (including phenoxy) is 1. The minimum Gasteiger partial charge on any atom is -0.492 e. The predicted molar refractivity (Wildman–Crippen MR) is 69.1 cm³/mol. The van der Waals surface area contributed by atoms with Gasteiger partial charge in [-0.3, -0.25) is 0 Å². The summed E-state index contributed by atoms with van der Waals surface area (Å²) < 4.78 is 27.9. The van der Waals surface area contributed by atoms with E-state index in [4.69, 9.17) is 15.6 Å². The van der Waals surface area contributed by atoms with Crippen LogP contribution in [0.3, 0.4) is 0 Å². The maximum absolute atomic E-state index is 11.2. The van der Waals surface area contributed by atoms with Crippen molar-refractivity contribution >= 4 is 22.4 Å². The number of rotatable bonds is 4. The SMILES string of the molecule is Cc1cc(S(N)(=O)=O)c(C)cc1OCCN.Cl. The molecular weight excluding hydrogens is 264 g/mol. The van der Waals surface area contributed by atoms with E-state index >= 15 is 0 Å². The highest BCUT2D eigenvalue weighted by atomic mass is 35.5. The standard InChI is InChI=1S/C10H16N2O3S.ClH/c1-7-6-10(16(12,13)14)8(2)5-9(7)15-4-3-11;/h5-6H,3-4,11H2,1-2H3,(H2,12,13,14);1H. The van der Waals surface area contributed by atoms with Crippen molar-refractivity contribution < 1.29 is 13.2 Å². The van der Waals surface area contributed by atoms with Crippen LogP contribution in [0, 0.1) is 13.8 Å². The average molecular weight is 281 g/mol. The molecule has 5 nitrogen and oxygen atoms in total. The minimum absolute atomic E-state index is 0. The van der Waals surface area contributed by atoms with Gasteiger partial charge in [0.2, 0.25) is 10.0 Å². The summed E-state index contributed by atoms with van der Waals surface area (Å²) >= 11 is 0. The van der Waals surface area contributed by atoms with Gasteiger partial charge in [-0.2, -0.15) is 0 Å². The third kappa shape index (κ3) is 4.16. The lowest BCUT2D eigenvalue weighted by molar-refractivity contribution is 0.325. The van der Waals surface area contributed by atoms with Crippen molar-refractivity contribution in [3.63, 3.8) is 0 Å². The normalized spacial score (nSPS) is 10.8. The number of halogens is 1. The van der Waals surface area contributed by atoms with Crippen LogP contribution in [-0.4, -0.2) is 21.6 Å². The fourth-order valence-corrected chi connectivity index (χ4v) is 2.24. The molecule has 0 fully saturated rings. The van der Waals surface area contributed by atoms with Gasteiger partial charge in [0, 0.05) is 6.54 Å². The molecule has 0 aliphatic heterocycles. The Morgan fingerprint density at radius 3 is 2.29 bits per heavy atom. The van der Waals surface area contributed by atoms with Gasteiger partial charge < -0.3 is 10.5 Å². The molecule has 0 saturated heterocycles. The van der Waals surface area contributed by atoms with Gasteiger partial charge in [-0.15, -0.1) is 12.4 Å². The van der Waals surface area contributed by atoms with Crippen molar-refractivity contribution in [2.45, 2.75) is 18.7 Å². The molecule has 0 aliphatic carbocycles. The van der Waals surface area contributed by atoms with Crippen LogP contribution in [0.2, 0.25) is 0 Å². The van der Waals surface area contributed by atoms with Gasteiger partial charge >= 0.3 is 0 Å². The summed E-state index contributed by atoms with van der Waals surface area (Å²) in [7, 11) is -3.67. The highest BCUT2D eigenvalue weighted by Gasteiger charge is 2.14. The first-order valence-corrected chi connectivity index (χ1v) is 6.38. The average Bonchev–Trinajstić information content (AvgIpc) is 2.17. The Balaban J connectivity index is 0.00000256. The van der Waals surface area contributed by atoms with E-state index < -0.39 is 10.0 Å². The number of hydrogen-bond acceptors (Lipinski definition) is 4. The van der Waals surface area contributed by atoms with Gasteiger partial charge in [-0.1, -0.05) is 0 Å². The highest BCUT2D eigenvalue weighted by Crippen LogP contribution is 2.24. The summed E-state index contributed by atoms with van der Waals surface area (Å²) in [4.78, 5) is 0.130. The summed E-state index contributed by atoms with van der Waals surface area (Å²) in [6, 6.07) is 3.17. The van der Waals surface area contributed by atoms with Crippen molar-refractivity contribution in [3.05, 3.63) is 23.3 Å². The van der Waals surface area contributed by atoms with E-state index in [1.807, 2.05) is 0 Å². The lowest BCUT2D eigenvalue weighted by Crippen LogP contribution is -2.15. The molecule has 0 radical (unpaired) electrons. The number of primary sulfonamides is 1. The second-order valence-electron chi connectivity index (χ2n) is 3.57. The number of hydrogen-bond donors (Lipinski definition) is 2. The molecule has 0 unspecified atom stereocenters. The summed E-state index contributed by atoms with van der Waals surface area (Å²) in [5, 5.41) is 5.09. The Morgan fingerprint density at radius 2 is 1.82 bits per heavy atom. The molecule has 1 rings (SSSR count). The van der Waals surface area contributed by atoms with Crippen molar-refractivity contribution in [3.8, 4) is 5.75 Å². The second kappa shape index (κ2) is 6.20. The van der Waals surface area contributed by atoms with E-state index in [1.165, 1.54) is 6.07 Å². The lowest BCUT2D eigenvalue weighted by Gasteiger charge is -2.11. The van der Waals surface area contributed by atoms with Gasteiger partial charge in [-0.25, -0.2) is 13.6 Å². The number of benzene rings is 1. The smallest absolute Gasteiger partial charge is 0.238 e. The topological polar surface area (TPSA) is 95.4 Å². The first-order chi connectivity index (χ1) is 7.36. The zero-order valence-corrected chi connectivity index (χ0v) is 11.4. The van der Waals surface area contributed by atoms with Gasteiger partial charge in [-0.05, 0) is 37.1 Å². The Hall–Kier alpha value is -0.820. The van der Waals surface area contributed by atoms with Crippen LogP contribution >= 0.6 is 12.4 Å². The maximum atomic E-state index is 11.2. The monoisotopic (exact) mass is 280 g/mol.